The Kier molecular flexibility index (Phi) is 4.92. The third-order valence-electron chi connectivity index (χ3n) is 3.50. The molecule has 7 nitrogen and oxygen atoms in total. The Bertz CT molecular complexity index is 1020. The van der Waals surface area contributed by atoms with E-state index in [1.54, 1.807) is 0 Å². The first kappa shape index (κ1) is 17.5. The van der Waals surface area contributed by atoms with E-state index >= 15 is 0 Å². The zero-order valence-electron chi connectivity index (χ0n) is 14.2. The maximum Gasteiger partial charge on any atom is 0.257 e. The Labute approximate surface area is 148 Å². The van der Waals surface area contributed by atoms with Crippen molar-refractivity contribution in [1.82, 2.24) is 15.0 Å². The van der Waals surface area contributed by atoms with Crippen molar-refractivity contribution >= 4 is 22.6 Å². The van der Waals surface area contributed by atoms with Crippen LogP contribution in [-0.2, 0) is 0 Å². The fourth-order valence-corrected chi connectivity index (χ4v) is 2.34. The van der Waals surface area contributed by atoms with Crippen molar-refractivity contribution in [2.24, 2.45) is 5.92 Å². The lowest BCUT2D eigenvalue weighted by Gasteiger charge is -2.10. The van der Waals surface area contributed by atoms with Crippen LogP contribution in [0.1, 0.15) is 24.2 Å². The van der Waals surface area contributed by atoms with Crippen molar-refractivity contribution in [1.29, 1.82) is 0 Å². The van der Waals surface area contributed by atoms with E-state index in [1.807, 2.05) is 13.8 Å². The number of aromatic amines is 1. The predicted molar refractivity (Wildman–Crippen MR) is 94.8 cm³/mol. The number of hydrogen-bond donors (Lipinski definition) is 2. The topological polar surface area (TPSA) is 97.0 Å². The van der Waals surface area contributed by atoms with Gasteiger partial charge in [-0.25, -0.2) is 14.4 Å². The summed E-state index contributed by atoms with van der Waals surface area (Å²) in [5, 5.41) is 2.88. The van der Waals surface area contributed by atoms with Crippen molar-refractivity contribution < 1.29 is 13.9 Å². The number of hydrogen-bond acceptors (Lipinski definition) is 5. The molecule has 0 atom stereocenters. The van der Waals surface area contributed by atoms with Crippen LogP contribution in [0.15, 0.2) is 41.5 Å². The molecule has 0 spiro atoms. The summed E-state index contributed by atoms with van der Waals surface area (Å²) in [7, 11) is 0. The molecule has 8 heteroatoms. The monoisotopic (exact) mass is 356 g/mol. The number of carbonyl (C=O) groups is 1. The van der Waals surface area contributed by atoms with E-state index in [4.69, 9.17) is 4.74 Å². The van der Waals surface area contributed by atoms with Gasteiger partial charge in [-0.1, -0.05) is 13.8 Å². The van der Waals surface area contributed by atoms with E-state index in [9.17, 15) is 14.0 Å². The molecule has 1 aromatic carbocycles. The summed E-state index contributed by atoms with van der Waals surface area (Å²) in [6.45, 7) is 4.48. The molecule has 0 saturated heterocycles. The molecule has 0 fully saturated rings. The molecule has 2 heterocycles. The number of fused-ring (bicyclic) bond motifs is 1. The molecule has 2 N–H and O–H groups in total. The summed E-state index contributed by atoms with van der Waals surface area (Å²) in [5.41, 5.74) is -0.0443. The second-order valence-electron chi connectivity index (χ2n) is 6.14. The van der Waals surface area contributed by atoms with Gasteiger partial charge in [0, 0.05) is 23.0 Å². The lowest BCUT2D eigenvalue weighted by molar-refractivity contribution is 0.102. The zero-order valence-corrected chi connectivity index (χ0v) is 14.2. The van der Waals surface area contributed by atoms with Crippen molar-refractivity contribution in [2.75, 3.05) is 11.9 Å². The summed E-state index contributed by atoms with van der Waals surface area (Å²) in [6, 6.07) is 6.41. The fraction of sp³-hybridized carbons (Fsp3) is 0.222. The average molecular weight is 356 g/mol. The van der Waals surface area contributed by atoms with Gasteiger partial charge in [-0.05, 0) is 24.1 Å². The highest BCUT2D eigenvalue weighted by atomic mass is 19.1. The zero-order chi connectivity index (χ0) is 18.7. The summed E-state index contributed by atoms with van der Waals surface area (Å²) < 4.78 is 19.0. The molecular weight excluding hydrogens is 339 g/mol. The van der Waals surface area contributed by atoms with E-state index < -0.39 is 17.3 Å². The Hall–Kier alpha value is -3.29. The minimum Gasteiger partial charge on any atom is -0.477 e. The van der Waals surface area contributed by atoms with E-state index in [2.05, 4.69) is 20.3 Å². The van der Waals surface area contributed by atoms with Gasteiger partial charge >= 0.3 is 0 Å². The predicted octanol–water partition coefficient (Wildman–Crippen LogP) is 2.74. The number of nitrogens with zero attached hydrogens (tertiary/aromatic N) is 2. The summed E-state index contributed by atoms with van der Waals surface area (Å²) in [5.74, 6) is -0.232. The lowest BCUT2D eigenvalue weighted by Crippen LogP contribution is -2.18. The Balaban J connectivity index is 1.89. The first-order valence-corrected chi connectivity index (χ1v) is 8.01. The van der Waals surface area contributed by atoms with Gasteiger partial charge in [-0.2, -0.15) is 0 Å². The van der Waals surface area contributed by atoms with E-state index in [0.717, 1.165) is 6.07 Å². The number of H-pyrrole nitrogens is 1. The molecule has 26 heavy (non-hydrogen) atoms. The van der Waals surface area contributed by atoms with E-state index in [1.165, 1.54) is 30.6 Å². The normalized spacial score (nSPS) is 10.9. The summed E-state index contributed by atoms with van der Waals surface area (Å²) in [4.78, 5) is 34.9. The Morgan fingerprint density at radius 1 is 1.27 bits per heavy atom. The largest absolute Gasteiger partial charge is 0.477 e. The molecule has 0 aliphatic carbocycles. The second kappa shape index (κ2) is 7.30. The first-order valence-electron chi connectivity index (χ1n) is 8.01. The smallest absolute Gasteiger partial charge is 0.257 e. The molecule has 0 saturated carbocycles. The second-order valence-corrected chi connectivity index (χ2v) is 6.14. The number of rotatable bonds is 5. The number of halogens is 1. The number of benzene rings is 1. The Morgan fingerprint density at radius 2 is 2.08 bits per heavy atom. The number of nitrogens with one attached hydrogen (secondary N) is 2. The number of amides is 1. The third kappa shape index (κ3) is 4.02. The molecule has 0 radical (unpaired) electrons. The van der Waals surface area contributed by atoms with Gasteiger partial charge in [-0.15, -0.1) is 0 Å². The van der Waals surface area contributed by atoms with Gasteiger partial charge in [0.15, 0.2) is 0 Å². The lowest BCUT2D eigenvalue weighted by atomic mass is 10.1. The Morgan fingerprint density at radius 3 is 2.85 bits per heavy atom. The van der Waals surface area contributed by atoms with Crippen LogP contribution < -0.4 is 15.6 Å². The number of aromatic nitrogens is 3. The van der Waals surface area contributed by atoms with Crippen molar-refractivity contribution in [3.63, 3.8) is 0 Å². The number of anilines is 1. The van der Waals surface area contributed by atoms with Crippen LogP contribution in [0.2, 0.25) is 0 Å². The third-order valence-corrected chi connectivity index (χ3v) is 3.50. The van der Waals surface area contributed by atoms with Gasteiger partial charge in [-0.3, -0.25) is 9.59 Å². The van der Waals surface area contributed by atoms with Gasteiger partial charge in [0.2, 0.25) is 11.4 Å². The minimum atomic E-state index is -0.583. The van der Waals surface area contributed by atoms with Gasteiger partial charge in [0.05, 0.1) is 12.2 Å². The fourth-order valence-electron chi connectivity index (χ4n) is 2.34. The van der Waals surface area contributed by atoms with Crippen LogP contribution in [0.5, 0.6) is 5.88 Å². The number of pyridine rings is 1. The standard InChI is InChI=1S/C18H17FN4O3/c1-10(2)8-26-17-7-15(20-9-21-17)23-18(25)13-6-16(24)22-14-4-3-11(19)5-12(13)14/h3-7,9-10H,8H2,1-2H3,(H,22,24)(H,20,21,23,25). The van der Waals surface area contributed by atoms with Crippen LogP contribution >= 0.6 is 0 Å². The highest BCUT2D eigenvalue weighted by molar-refractivity contribution is 6.11. The van der Waals surface area contributed by atoms with Crippen LogP contribution in [0.25, 0.3) is 10.9 Å². The summed E-state index contributed by atoms with van der Waals surface area (Å²) >= 11 is 0. The maximum atomic E-state index is 13.5. The molecule has 0 unspecified atom stereocenters. The highest BCUT2D eigenvalue weighted by Crippen LogP contribution is 2.19. The van der Waals surface area contributed by atoms with Crippen molar-refractivity contribution in [3.05, 3.63) is 58.4 Å². The molecule has 3 aromatic rings. The van der Waals surface area contributed by atoms with Gasteiger partial charge in [0.1, 0.15) is 18.0 Å². The average Bonchev–Trinajstić information content (AvgIpc) is 2.60. The summed E-state index contributed by atoms with van der Waals surface area (Å²) in [6.07, 6.45) is 1.26. The first-order chi connectivity index (χ1) is 12.4. The minimum absolute atomic E-state index is 0.0477. The number of ether oxygens (including phenoxy) is 1. The maximum absolute atomic E-state index is 13.5. The molecule has 1 amide bonds. The van der Waals surface area contributed by atoms with Crippen LogP contribution in [0.3, 0.4) is 0 Å². The van der Waals surface area contributed by atoms with Crippen LogP contribution in [0.4, 0.5) is 10.2 Å². The highest BCUT2D eigenvalue weighted by Gasteiger charge is 2.14. The van der Waals surface area contributed by atoms with Crippen LogP contribution in [-0.4, -0.2) is 27.5 Å². The van der Waals surface area contributed by atoms with Gasteiger partial charge in [0.25, 0.3) is 5.91 Å². The van der Waals surface area contributed by atoms with Crippen molar-refractivity contribution in [3.8, 4) is 5.88 Å². The molecule has 134 valence electrons. The van der Waals surface area contributed by atoms with E-state index in [-0.39, 0.29) is 11.4 Å². The molecule has 2 aromatic heterocycles. The SMILES string of the molecule is CC(C)COc1cc(NC(=O)c2cc(=O)[nH]c3ccc(F)cc23)ncn1. The molecular formula is C18H17FN4O3. The molecule has 0 aliphatic heterocycles. The van der Waals surface area contributed by atoms with E-state index in [0.29, 0.717) is 29.3 Å². The quantitative estimate of drug-likeness (QED) is 0.733. The van der Waals surface area contributed by atoms with Gasteiger partial charge < -0.3 is 15.0 Å². The van der Waals surface area contributed by atoms with Crippen LogP contribution in [0, 0.1) is 11.7 Å². The molecule has 3 rings (SSSR count). The number of carbonyl (C=O) groups excluding carboxylic acids is 1. The van der Waals surface area contributed by atoms with Crippen molar-refractivity contribution in [2.45, 2.75) is 13.8 Å². The molecule has 0 bridgehead atoms. The molecule has 0 aliphatic rings.